The molecular formula is C26H32FNO5. The topological polar surface area (TPSA) is 77.0 Å². The van der Waals surface area contributed by atoms with Crippen LogP contribution in [0.25, 0.3) is 11.1 Å². The van der Waals surface area contributed by atoms with Gasteiger partial charge in [0, 0.05) is 43.4 Å². The van der Waals surface area contributed by atoms with Gasteiger partial charge in [0.1, 0.15) is 11.3 Å². The van der Waals surface area contributed by atoms with Crippen LogP contribution in [-0.4, -0.2) is 43.5 Å². The lowest BCUT2D eigenvalue weighted by molar-refractivity contribution is -0.145. The van der Waals surface area contributed by atoms with E-state index in [1.807, 2.05) is 25.1 Å². The van der Waals surface area contributed by atoms with Crippen LogP contribution < -0.4 is 14.8 Å². The zero-order valence-electron chi connectivity index (χ0n) is 19.3. The standard InChI is InChI=1S/C26H32FNO5/c1-3-33-23-16-20(31-2)15-22(24(23)27)21-9-8-19(14-18(21)7-6-17-4-5-17)28-26(25(29)30)10-12-32-13-11-26/h8-9,14-17,28H,3-7,10-13H2,1-2H3,(H,29,30). The van der Waals surface area contributed by atoms with E-state index >= 15 is 4.39 Å². The molecule has 1 saturated heterocycles. The normalized spacial score (nSPS) is 17.4. The van der Waals surface area contributed by atoms with E-state index in [4.69, 9.17) is 14.2 Å². The molecule has 178 valence electrons. The van der Waals surface area contributed by atoms with Crippen LogP contribution in [0.3, 0.4) is 0 Å². The minimum Gasteiger partial charge on any atom is -0.497 e. The van der Waals surface area contributed by atoms with Crippen LogP contribution >= 0.6 is 0 Å². The quantitative estimate of drug-likeness (QED) is 0.505. The third-order valence-corrected chi connectivity index (χ3v) is 6.60. The Balaban J connectivity index is 1.73. The van der Waals surface area contributed by atoms with Crippen LogP contribution in [0.2, 0.25) is 0 Å². The largest absolute Gasteiger partial charge is 0.497 e. The fraction of sp³-hybridized carbons (Fsp3) is 0.500. The second-order valence-electron chi connectivity index (χ2n) is 8.90. The van der Waals surface area contributed by atoms with Crippen LogP contribution in [0.5, 0.6) is 11.5 Å². The molecule has 2 aliphatic rings. The summed E-state index contributed by atoms with van der Waals surface area (Å²) in [6, 6.07) is 8.92. The van der Waals surface area contributed by atoms with E-state index in [1.54, 1.807) is 19.2 Å². The van der Waals surface area contributed by atoms with Crippen molar-refractivity contribution in [3.05, 3.63) is 41.7 Å². The lowest BCUT2D eigenvalue weighted by atomic mass is 9.89. The summed E-state index contributed by atoms with van der Waals surface area (Å²) < 4.78 is 31.7. The molecular weight excluding hydrogens is 425 g/mol. The summed E-state index contributed by atoms with van der Waals surface area (Å²) in [5, 5.41) is 13.2. The summed E-state index contributed by atoms with van der Waals surface area (Å²) in [7, 11) is 1.55. The van der Waals surface area contributed by atoms with Gasteiger partial charge in [0.05, 0.1) is 13.7 Å². The minimum absolute atomic E-state index is 0.161. The smallest absolute Gasteiger partial charge is 0.329 e. The minimum atomic E-state index is -1.06. The van der Waals surface area contributed by atoms with Gasteiger partial charge >= 0.3 is 5.97 Å². The van der Waals surface area contributed by atoms with Crippen molar-refractivity contribution in [1.29, 1.82) is 0 Å². The summed E-state index contributed by atoms with van der Waals surface area (Å²) in [6.07, 6.45) is 5.07. The number of carboxylic acid groups (broad SMARTS) is 1. The number of methoxy groups -OCH3 is 1. The molecule has 7 heteroatoms. The molecule has 0 aromatic heterocycles. The zero-order chi connectivity index (χ0) is 23.4. The fourth-order valence-corrected chi connectivity index (χ4v) is 4.44. The molecule has 33 heavy (non-hydrogen) atoms. The summed E-state index contributed by atoms with van der Waals surface area (Å²) in [4.78, 5) is 12.1. The molecule has 4 rings (SSSR count). The predicted molar refractivity (Wildman–Crippen MR) is 125 cm³/mol. The highest BCUT2D eigenvalue weighted by Gasteiger charge is 2.40. The first kappa shape index (κ1) is 23.4. The van der Waals surface area contributed by atoms with Crippen LogP contribution in [0, 0.1) is 11.7 Å². The summed E-state index contributed by atoms with van der Waals surface area (Å²) in [5.41, 5.74) is 1.84. The number of hydrogen-bond acceptors (Lipinski definition) is 5. The number of aryl methyl sites for hydroxylation is 1. The van der Waals surface area contributed by atoms with Gasteiger partial charge in [-0.2, -0.15) is 0 Å². The van der Waals surface area contributed by atoms with E-state index in [1.165, 1.54) is 12.8 Å². The van der Waals surface area contributed by atoms with Crippen molar-refractivity contribution in [1.82, 2.24) is 0 Å². The number of ether oxygens (including phenoxy) is 3. The molecule has 1 aliphatic carbocycles. The van der Waals surface area contributed by atoms with E-state index in [2.05, 4.69) is 5.32 Å². The average Bonchev–Trinajstić information content (AvgIpc) is 3.65. The molecule has 1 aliphatic heterocycles. The fourth-order valence-electron chi connectivity index (χ4n) is 4.44. The Kier molecular flexibility index (Phi) is 7.08. The number of carbonyl (C=O) groups is 1. The Bertz CT molecular complexity index is 998. The third-order valence-electron chi connectivity index (χ3n) is 6.60. The maximum atomic E-state index is 15.4. The molecule has 2 aromatic carbocycles. The van der Waals surface area contributed by atoms with E-state index in [0.29, 0.717) is 49.9 Å². The lowest BCUT2D eigenvalue weighted by Gasteiger charge is -2.35. The van der Waals surface area contributed by atoms with Crippen molar-refractivity contribution in [3.63, 3.8) is 0 Å². The van der Waals surface area contributed by atoms with Crippen molar-refractivity contribution in [2.24, 2.45) is 5.92 Å². The number of halogens is 1. The van der Waals surface area contributed by atoms with Crippen molar-refractivity contribution in [2.75, 3.05) is 32.2 Å². The number of benzene rings is 2. The maximum absolute atomic E-state index is 15.4. The molecule has 1 saturated carbocycles. The van der Waals surface area contributed by atoms with Crippen molar-refractivity contribution in [3.8, 4) is 22.6 Å². The first-order valence-corrected chi connectivity index (χ1v) is 11.7. The van der Waals surface area contributed by atoms with Crippen LogP contribution in [0.15, 0.2) is 30.3 Å². The molecule has 0 atom stereocenters. The molecule has 0 unspecified atom stereocenters. The number of anilines is 1. The van der Waals surface area contributed by atoms with Gasteiger partial charge in [-0.05, 0) is 55.0 Å². The third kappa shape index (κ3) is 5.24. The highest BCUT2D eigenvalue weighted by molar-refractivity contribution is 5.83. The number of nitrogens with one attached hydrogen (secondary N) is 1. The second kappa shape index (κ2) is 10.00. The van der Waals surface area contributed by atoms with Crippen molar-refractivity contribution in [2.45, 2.75) is 51.0 Å². The number of aliphatic carboxylic acids is 1. The molecule has 0 bridgehead atoms. The highest BCUT2D eigenvalue weighted by Crippen LogP contribution is 2.40. The summed E-state index contributed by atoms with van der Waals surface area (Å²) in [5.74, 6) is 0.1000. The van der Waals surface area contributed by atoms with Crippen molar-refractivity contribution >= 4 is 11.7 Å². The maximum Gasteiger partial charge on any atom is 0.329 e. The monoisotopic (exact) mass is 457 g/mol. The highest BCUT2D eigenvalue weighted by atomic mass is 19.1. The van der Waals surface area contributed by atoms with Gasteiger partial charge < -0.3 is 24.6 Å². The van der Waals surface area contributed by atoms with E-state index in [9.17, 15) is 9.90 Å². The molecule has 1 heterocycles. The summed E-state index contributed by atoms with van der Waals surface area (Å²) >= 11 is 0. The second-order valence-corrected chi connectivity index (χ2v) is 8.90. The van der Waals surface area contributed by atoms with Gasteiger partial charge in [0.2, 0.25) is 0 Å². The number of rotatable bonds is 10. The first-order valence-electron chi connectivity index (χ1n) is 11.7. The molecule has 2 N–H and O–H groups in total. The lowest BCUT2D eigenvalue weighted by Crippen LogP contribution is -2.50. The van der Waals surface area contributed by atoms with Crippen LogP contribution in [0.1, 0.15) is 44.6 Å². The first-order chi connectivity index (χ1) is 16.0. The van der Waals surface area contributed by atoms with Gasteiger partial charge in [-0.1, -0.05) is 18.9 Å². The molecule has 0 spiro atoms. The van der Waals surface area contributed by atoms with Crippen LogP contribution in [-0.2, 0) is 16.0 Å². The van der Waals surface area contributed by atoms with Gasteiger partial charge in [-0.15, -0.1) is 0 Å². The SMILES string of the molecule is CCOc1cc(OC)cc(-c2ccc(NC3(C(=O)O)CCOCC3)cc2CCC2CC2)c1F. The average molecular weight is 458 g/mol. The predicted octanol–water partition coefficient (Wildman–Crippen LogP) is 5.29. The Morgan fingerprint density at radius 2 is 1.97 bits per heavy atom. The number of carboxylic acids is 1. The van der Waals surface area contributed by atoms with Gasteiger partial charge in [0.15, 0.2) is 11.6 Å². The summed E-state index contributed by atoms with van der Waals surface area (Å²) in [6.45, 7) is 2.97. The molecule has 6 nitrogen and oxygen atoms in total. The number of hydrogen-bond donors (Lipinski definition) is 2. The Morgan fingerprint density at radius 1 is 1.21 bits per heavy atom. The Morgan fingerprint density at radius 3 is 2.61 bits per heavy atom. The van der Waals surface area contributed by atoms with Gasteiger partial charge in [-0.25, -0.2) is 9.18 Å². The Hall–Kier alpha value is -2.80. The zero-order valence-corrected chi connectivity index (χ0v) is 19.3. The van der Waals surface area contributed by atoms with Gasteiger partial charge in [-0.3, -0.25) is 0 Å². The van der Waals surface area contributed by atoms with E-state index in [-0.39, 0.29) is 5.75 Å². The van der Waals surface area contributed by atoms with E-state index in [0.717, 1.165) is 29.7 Å². The van der Waals surface area contributed by atoms with Crippen LogP contribution in [0.4, 0.5) is 10.1 Å². The van der Waals surface area contributed by atoms with Crippen molar-refractivity contribution < 1.29 is 28.5 Å². The van der Waals surface area contributed by atoms with Gasteiger partial charge in [0.25, 0.3) is 0 Å². The molecule has 2 aromatic rings. The molecule has 0 amide bonds. The molecule has 2 fully saturated rings. The van der Waals surface area contributed by atoms with E-state index < -0.39 is 17.3 Å². The Labute approximate surface area is 194 Å². The molecule has 0 radical (unpaired) electrons.